The maximum absolute atomic E-state index is 12.2. The Morgan fingerprint density at radius 2 is 2.04 bits per heavy atom. The van der Waals surface area contributed by atoms with Gasteiger partial charge in [0.15, 0.2) is 4.77 Å². The number of nitrogens with zero attached hydrogens (tertiary/aromatic N) is 2. The van der Waals surface area contributed by atoms with Crippen molar-refractivity contribution in [3.8, 4) is 5.88 Å². The second-order valence-electron chi connectivity index (χ2n) is 6.02. The number of anilines is 1. The lowest BCUT2D eigenvalue weighted by molar-refractivity contribution is 0.371. The van der Waals surface area contributed by atoms with Crippen molar-refractivity contribution in [2.24, 2.45) is 5.10 Å². The van der Waals surface area contributed by atoms with E-state index >= 15 is 0 Å². The number of benzene rings is 2. The first-order valence-electron chi connectivity index (χ1n) is 8.37. The van der Waals surface area contributed by atoms with Gasteiger partial charge >= 0.3 is 0 Å². The van der Waals surface area contributed by atoms with Gasteiger partial charge in [-0.25, -0.2) is 0 Å². The quantitative estimate of drug-likeness (QED) is 0.358. The molecule has 0 spiro atoms. The molecule has 26 heavy (non-hydrogen) atoms. The Bertz CT molecular complexity index is 1080. The van der Waals surface area contributed by atoms with Crippen molar-refractivity contribution in [1.82, 2.24) is 9.55 Å². The van der Waals surface area contributed by atoms with Crippen molar-refractivity contribution in [2.45, 2.75) is 26.3 Å². The summed E-state index contributed by atoms with van der Waals surface area (Å²) in [4.78, 5) is 14.7. The van der Waals surface area contributed by atoms with Crippen molar-refractivity contribution >= 4 is 34.9 Å². The summed E-state index contributed by atoms with van der Waals surface area (Å²) in [6.07, 6.45) is 2.07. The molecule has 134 valence electrons. The molecule has 7 heteroatoms. The van der Waals surface area contributed by atoms with Crippen molar-refractivity contribution in [1.29, 1.82) is 0 Å². The van der Waals surface area contributed by atoms with Gasteiger partial charge in [-0.3, -0.25) is 19.8 Å². The van der Waals surface area contributed by atoms with Crippen LogP contribution in [0.2, 0.25) is 0 Å². The second kappa shape index (κ2) is 7.53. The normalized spacial score (nSPS) is 12.5. The second-order valence-corrected chi connectivity index (χ2v) is 6.41. The molecule has 0 bridgehead atoms. The van der Waals surface area contributed by atoms with E-state index in [9.17, 15) is 9.90 Å². The Morgan fingerprint density at radius 3 is 2.81 bits per heavy atom. The largest absolute Gasteiger partial charge is 0.494 e. The highest BCUT2D eigenvalue weighted by Gasteiger charge is 2.14. The molecule has 0 radical (unpaired) electrons. The molecule has 3 rings (SSSR count). The Labute approximate surface area is 155 Å². The molecule has 1 heterocycles. The summed E-state index contributed by atoms with van der Waals surface area (Å²) in [7, 11) is 0. The van der Waals surface area contributed by atoms with Gasteiger partial charge in [0.2, 0.25) is 5.88 Å². The Balaban J connectivity index is 1.96. The summed E-state index contributed by atoms with van der Waals surface area (Å²) < 4.78 is 1.72. The number of hydrazone groups is 1. The molecule has 0 amide bonds. The molecule has 0 aliphatic heterocycles. The van der Waals surface area contributed by atoms with Crippen LogP contribution in [0.3, 0.4) is 0 Å². The molecular formula is C19H20N4O2S. The van der Waals surface area contributed by atoms with E-state index in [0.717, 1.165) is 22.9 Å². The van der Waals surface area contributed by atoms with E-state index in [1.54, 1.807) is 0 Å². The van der Waals surface area contributed by atoms with Crippen molar-refractivity contribution in [3.05, 3.63) is 63.2 Å². The SMILES string of the molecule is CC[C@@H](C)n1c(O)c(/C=N/Nc2cccc3ccccc23)c(=O)[nH]c1=S. The van der Waals surface area contributed by atoms with E-state index in [1.165, 1.54) is 10.8 Å². The van der Waals surface area contributed by atoms with Crippen LogP contribution in [0, 0.1) is 4.77 Å². The summed E-state index contributed by atoms with van der Waals surface area (Å²) in [5.74, 6) is -0.184. The van der Waals surface area contributed by atoms with E-state index in [0.29, 0.717) is 0 Å². The van der Waals surface area contributed by atoms with Gasteiger partial charge in [-0.1, -0.05) is 43.3 Å². The summed E-state index contributed by atoms with van der Waals surface area (Å²) in [5, 5.41) is 16.7. The fourth-order valence-corrected chi connectivity index (χ4v) is 3.11. The number of H-pyrrole nitrogens is 1. The van der Waals surface area contributed by atoms with Crippen molar-refractivity contribution in [3.63, 3.8) is 0 Å². The van der Waals surface area contributed by atoms with Crippen LogP contribution in [0.25, 0.3) is 10.8 Å². The zero-order valence-corrected chi connectivity index (χ0v) is 15.4. The minimum absolute atomic E-state index is 0.0440. The summed E-state index contributed by atoms with van der Waals surface area (Å²) in [5.41, 5.74) is 3.33. The van der Waals surface area contributed by atoms with Gasteiger partial charge in [-0.2, -0.15) is 5.10 Å². The average Bonchev–Trinajstić information content (AvgIpc) is 2.64. The van der Waals surface area contributed by atoms with Crippen LogP contribution in [-0.4, -0.2) is 20.9 Å². The highest BCUT2D eigenvalue weighted by atomic mass is 32.1. The molecule has 0 aliphatic rings. The minimum atomic E-state index is -0.476. The fraction of sp³-hybridized carbons (Fsp3) is 0.211. The molecule has 3 N–H and O–H groups in total. The molecule has 0 saturated carbocycles. The lowest BCUT2D eigenvalue weighted by atomic mass is 10.1. The summed E-state index contributed by atoms with van der Waals surface area (Å²) in [6, 6.07) is 13.7. The lowest BCUT2D eigenvalue weighted by Gasteiger charge is -2.16. The Morgan fingerprint density at radius 1 is 1.31 bits per heavy atom. The standard InChI is InChI=1S/C19H20N4O2S/c1-3-12(2)23-18(25)15(17(24)21-19(23)26)11-20-22-16-10-6-8-13-7-4-5-9-14(13)16/h4-12,22,25H,3H2,1-2H3,(H,21,24,26)/b20-11+/t12-/m1/s1. The van der Waals surface area contributed by atoms with Gasteiger partial charge < -0.3 is 5.11 Å². The maximum Gasteiger partial charge on any atom is 0.264 e. The van der Waals surface area contributed by atoms with E-state index in [1.807, 2.05) is 56.3 Å². The highest BCUT2D eigenvalue weighted by Crippen LogP contribution is 2.23. The fourth-order valence-electron chi connectivity index (χ4n) is 2.75. The van der Waals surface area contributed by atoms with Gasteiger partial charge in [0, 0.05) is 11.4 Å². The van der Waals surface area contributed by atoms with E-state index in [2.05, 4.69) is 15.5 Å². The Kier molecular flexibility index (Phi) is 5.18. The van der Waals surface area contributed by atoms with Crippen LogP contribution in [0.5, 0.6) is 5.88 Å². The third-order valence-electron chi connectivity index (χ3n) is 4.35. The first-order chi connectivity index (χ1) is 12.5. The molecule has 0 fully saturated rings. The number of aromatic hydroxyl groups is 1. The smallest absolute Gasteiger partial charge is 0.264 e. The highest BCUT2D eigenvalue weighted by molar-refractivity contribution is 7.71. The minimum Gasteiger partial charge on any atom is -0.494 e. The predicted molar refractivity (Wildman–Crippen MR) is 108 cm³/mol. The van der Waals surface area contributed by atoms with Crippen LogP contribution in [0.4, 0.5) is 5.69 Å². The van der Waals surface area contributed by atoms with Crippen LogP contribution in [-0.2, 0) is 0 Å². The molecule has 1 atom stereocenters. The number of aromatic amines is 1. The molecule has 6 nitrogen and oxygen atoms in total. The zero-order chi connectivity index (χ0) is 18.7. The molecule has 2 aromatic carbocycles. The van der Waals surface area contributed by atoms with Crippen LogP contribution >= 0.6 is 12.2 Å². The molecule has 0 unspecified atom stereocenters. The number of fused-ring (bicyclic) bond motifs is 1. The van der Waals surface area contributed by atoms with Crippen molar-refractivity contribution in [2.75, 3.05) is 5.43 Å². The van der Waals surface area contributed by atoms with Crippen molar-refractivity contribution < 1.29 is 5.11 Å². The van der Waals surface area contributed by atoms with E-state index < -0.39 is 5.56 Å². The molecule has 3 aromatic rings. The van der Waals surface area contributed by atoms with Crippen LogP contribution < -0.4 is 11.0 Å². The van der Waals surface area contributed by atoms with Gasteiger partial charge in [0.05, 0.1) is 11.9 Å². The third-order valence-corrected chi connectivity index (χ3v) is 4.65. The number of hydrogen-bond donors (Lipinski definition) is 3. The van der Waals surface area contributed by atoms with Crippen LogP contribution in [0.15, 0.2) is 52.4 Å². The molecule has 1 aromatic heterocycles. The first-order valence-corrected chi connectivity index (χ1v) is 8.78. The molecular weight excluding hydrogens is 348 g/mol. The Hall–Kier alpha value is -2.93. The van der Waals surface area contributed by atoms with Gasteiger partial charge in [-0.15, -0.1) is 0 Å². The van der Waals surface area contributed by atoms with Crippen LogP contribution in [0.1, 0.15) is 31.9 Å². The zero-order valence-electron chi connectivity index (χ0n) is 14.6. The number of aromatic nitrogens is 2. The van der Waals surface area contributed by atoms with E-state index in [4.69, 9.17) is 12.2 Å². The van der Waals surface area contributed by atoms with Gasteiger partial charge in [0.25, 0.3) is 5.56 Å². The molecule has 0 aliphatic carbocycles. The van der Waals surface area contributed by atoms with Gasteiger partial charge in [-0.05, 0) is 37.0 Å². The maximum atomic E-state index is 12.2. The topological polar surface area (TPSA) is 82.4 Å². The molecule has 0 saturated heterocycles. The number of nitrogens with one attached hydrogen (secondary N) is 2. The van der Waals surface area contributed by atoms with E-state index in [-0.39, 0.29) is 22.3 Å². The predicted octanol–water partition coefficient (Wildman–Crippen LogP) is 4.18. The third kappa shape index (κ3) is 3.39. The summed E-state index contributed by atoms with van der Waals surface area (Å²) in [6.45, 7) is 3.90. The summed E-state index contributed by atoms with van der Waals surface area (Å²) >= 11 is 5.16. The average molecular weight is 368 g/mol. The number of rotatable bonds is 5. The first kappa shape index (κ1) is 17.9. The monoisotopic (exact) mass is 368 g/mol. The van der Waals surface area contributed by atoms with Gasteiger partial charge in [0.1, 0.15) is 5.56 Å². The number of hydrogen-bond acceptors (Lipinski definition) is 5. The lowest BCUT2D eigenvalue weighted by Crippen LogP contribution is -2.20.